The predicted molar refractivity (Wildman–Crippen MR) is 97.9 cm³/mol. The highest BCUT2D eigenvalue weighted by Crippen LogP contribution is 2.28. The van der Waals surface area contributed by atoms with Gasteiger partial charge in [0.25, 0.3) is 0 Å². The fourth-order valence-electron chi connectivity index (χ4n) is 2.28. The molecule has 2 aromatic rings. The summed E-state index contributed by atoms with van der Waals surface area (Å²) in [6.07, 6.45) is -1.03. The molecular formula is C20H23ClO4. The molecular weight excluding hydrogens is 340 g/mol. The zero-order chi connectivity index (χ0) is 18.6. The van der Waals surface area contributed by atoms with Crippen molar-refractivity contribution in [1.29, 1.82) is 0 Å². The van der Waals surface area contributed by atoms with Gasteiger partial charge in [0, 0.05) is 5.02 Å². The highest BCUT2D eigenvalue weighted by molar-refractivity contribution is 6.30. The lowest BCUT2D eigenvalue weighted by molar-refractivity contribution is -0.163. The van der Waals surface area contributed by atoms with Crippen LogP contribution in [0.3, 0.4) is 0 Å². The highest BCUT2D eigenvalue weighted by atomic mass is 35.5. The van der Waals surface area contributed by atoms with E-state index in [0.717, 1.165) is 5.56 Å². The molecule has 0 aliphatic rings. The van der Waals surface area contributed by atoms with E-state index >= 15 is 0 Å². The number of hydrogen-bond acceptors (Lipinski definition) is 4. The number of benzene rings is 2. The van der Waals surface area contributed by atoms with Crippen molar-refractivity contribution in [3.8, 4) is 5.75 Å². The van der Waals surface area contributed by atoms with Crippen LogP contribution in [0.25, 0.3) is 0 Å². The Kier molecular flexibility index (Phi) is 6.09. The Bertz CT molecular complexity index is 723. The molecule has 0 aromatic heterocycles. The van der Waals surface area contributed by atoms with Gasteiger partial charge in [-0.15, -0.1) is 0 Å². The molecule has 0 spiro atoms. The van der Waals surface area contributed by atoms with Gasteiger partial charge in [-0.2, -0.15) is 0 Å². The van der Waals surface area contributed by atoms with Crippen molar-refractivity contribution >= 4 is 17.6 Å². The van der Waals surface area contributed by atoms with Crippen LogP contribution >= 0.6 is 11.6 Å². The van der Waals surface area contributed by atoms with Gasteiger partial charge in [-0.25, -0.2) is 4.79 Å². The molecule has 134 valence electrons. The van der Waals surface area contributed by atoms with Gasteiger partial charge in [0.2, 0.25) is 0 Å². The van der Waals surface area contributed by atoms with E-state index in [2.05, 4.69) is 0 Å². The SMILES string of the molecule is CC(C)OC(=O)C(C)(C)Oc1cccc(C(O)c2ccc(Cl)cc2)c1. The van der Waals surface area contributed by atoms with Crippen molar-refractivity contribution in [3.05, 3.63) is 64.7 Å². The number of rotatable bonds is 6. The maximum atomic E-state index is 12.1. The normalized spacial score (nSPS) is 12.8. The summed E-state index contributed by atoms with van der Waals surface area (Å²) in [5.41, 5.74) is 0.251. The second-order valence-electron chi connectivity index (χ2n) is 6.59. The molecule has 0 bridgehead atoms. The summed E-state index contributed by atoms with van der Waals surface area (Å²) < 4.78 is 11.0. The topological polar surface area (TPSA) is 55.8 Å². The van der Waals surface area contributed by atoms with Crippen LogP contribution in [0.1, 0.15) is 44.9 Å². The van der Waals surface area contributed by atoms with Gasteiger partial charge >= 0.3 is 5.97 Å². The van der Waals surface area contributed by atoms with Crippen LogP contribution < -0.4 is 4.74 Å². The third kappa shape index (κ3) is 5.21. The lowest BCUT2D eigenvalue weighted by atomic mass is 10.0. The number of aliphatic hydroxyl groups excluding tert-OH is 1. The summed E-state index contributed by atoms with van der Waals surface area (Å²) in [5, 5.41) is 11.2. The van der Waals surface area contributed by atoms with Gasteiger partial charge in [0.1, 0.15) is 11.9 Å². The molecule has 4 nitrogen and oxygen atoms in total. The van der Waals surface area contributed by atoms with Crippen molar-refractivity contribution in [2.45, 2.75) is 45.5 Å². The van der Waals surface area contributed by atoms with E-state index in [-0.39, 0.29) is 6.10 Å². The number of esters is 1. The molecule has 0 aliphatic heterocycles. The van der Waals surface area contributed by atoms with Crippen molar-refractivity contribution in [2.75, 3.05) is 0 Å². The number of hydrogen-bond donors (Lipinski definition) is 1. The zero-order valence-corrected chi connectivity index (χ0v) is 15.6. The van der Waals surface area contributed by atoms with E-state index < -0.39 is 17.7 Å². The van der Waals surface area contributed by atoms with Crippen LogP contribution in [-0.2, 0) is 9.53 Å². The molecule has 0 amide bonds. The molecule has 0 aliphatic carbocycles. The lowest BCUT2D eigenvalue weighted by Crippen LogP contribution is -2.40. The summed E-state index contributed by atoms with van der Waals surface area (Å²) >= 11 is 5.88. The van der Waals surface area contributed by atoms with E-state index in [1.54, 1.807) is 76.2 Å². The summed E-state index contributed by atoms with van der Waals surface area (Å²) in [7, 11) is 0. The summed E-state index contributed by atoms with van der Waals surface area (Å²) in [6, 6.07) is 14.0. The number of carbonyl (C=O) groups is 1. The molecule has 0 heterocycles. The average Bonchev–Trinajstić information content (AvgIpc) is 2.54. The van der Waals surface area contributed by atoms with Gasteiger partial charge in [0.15, 0.2) is 5.60 Å². The smallest absolute Gasteiger partial charge is 0.350 e. The third-order valence-corrected chi connectivity index (χ3v) is 3.82. The Morgan fingerprint density at radius 3 is 2.32 bits per heavy atom. The highest BCUT2D eigenvalue weighted by Gasteiger charge is 2.32. The molecule has 0 fully saturated rings. The maximum absolute atomic E-state index is 12.1. The van der Waals surface area contributed by atoms with E-state index in [4.69, 9.17) is 21.1 Å². The second kappa shape index (κ2) is 7.89. The molecule has 2 rings (SSSR count). The Morgan fingerprint density at radius 2 is 1.72 bits per heavy atom. The second-order valence-corrected chi connectivity index (χ2v) is 7.03. The summed E-state index contributed by atoms with van der Waals surface area (Å²) in [6.45, 7) is 6.88. The van der Waals surface area contributed by atoms with Crippen LogP contribution in [0.4, 0.5) is 0 Å². The summed E-state index contributed by atoms with van der Waals surface area (Å²) in [4.78, 5) is 12.1. The molecule has 0 radical (unpaired) electrons. The Hall–Kier alpha value is -2.04. The monoisotopic (exact) mass is 362 g/mol. The lowest BCUT2D eigenvalue weighted by Gasteiger charge is -2.26. The van der Waals surface area contributed by atoms with Crippen molar-refractivity contribution < 1.29 is 19.4 Å². The fraction of sp³-hybridized carbons (Fsp3) is 0.350. The average molecular weight is 363 g/mol. The molecule has 1 atom stereocenters. The van der Waals surface area contributed by atoms with E-state index in [1.165, 1.54) is 0 Å². The first kappa shape index (κ1) is 19.3. The predicted octanol–water partition coefficient (Wildman–Crippen LogP) is 4.53. The molecule has 0 saturated heterocycles. The minimum Gasteiger partial charge on any atom is -0.476 e. The maximum Gasteiger partial charge on any atom is 0.350 e. The number of carbonyl (C=O) groups excluding carboxylic acids is 1. The molecule has 5 heteroatoms. The number of halogens is 1. The first-order valence-electron chi connectivity index (χ1n) is 8.12. The zero-order valence-electron chi connectivity index (χ0n) is 14.8. The van der Waals surface area contributed by atoms with Crippen molar-refractivity contribution in [2.24, 2.45) is 0 Å². The number of ether oxygens (including phenoxy) is 2. The van der Waals surface area contributed by atoms with Crippen LogP contribution in [0.5, 0.6) is 5.75 Å². The van der Waals surface area contributed by atoms with E-state index in [9.17, 15) is 9.90 Å². The molecule has 2 aromatic carbocycles. The third-order valence-electron chi connectivity index (χ3n) is 3.57. The van der Waals surface area contributed by atoms with Crippen molar-refractivity contribution in [1.82, 2.24) is 0 Å². The minimum absolute atomic E-state index is 0.214. The Morgan fingerprint density at radius 1 is 1.08 bits per heavy atom. The van der Waals surface area contributed by atoms with Crippen LogP contribution in [0.15, 0.2) is 48.5 Å². The van der Waals surface area contributed by atoms with E-state index in [0.29, 0.717) is 16.3 Å². The molecule has 0 saturated carbocycles. The van der Waals surface area contributed by atoms with Gasteiger partial charge in [-0.1, -0.05) is 35.9 Å². The Balaban J connectivity index is 2.18. The Labute approximate surface area is 153 Å². The molecule has 1 N–H and O–H groups in total. The standard InChI is InChI=1S/C20H23ClO4/c1-13(2)24-19(23)20(3,4)25-17-7-5-6-15(12-17)18(22)14-8-10-16(21)11-9-14/h5-13,18,22H,1-4H3. The minimum atomic E-state index is -1.13. The van der Waals surface area contributed by atoms with Gasteiger partial charge in [-0.05, 0) is 63.1 Å². The largest absolute Gasteiger partial charge is 0.476 e. The van der Waals surface area contributed by atoms with Crippen molar-refractivity contribution in [3.63, 3.8) is 0 Å². The first-order valence-corrected chi connectivity index (χ1v) is 8.50. The van der Waals surface area contributed by atoms with Gasteiger partial charge in [-0.3, -0.25) is 0 Å². The molecule has 1 unspecified atom stereocenters. The van der Waals surface area contributed by atoms with Gasteiger partial charge in [0.05, 0.1) is 6.10 Å². The van der Waals surface area contributed by atoms with Gasteiger partial charge < -0.3 is 14.6 Å². The number of aliphatic hydroxyl groups is 1. The first-order chi connectivity index (χ1) is 11.7. The summed E-state index contributed by atoms with van der Waals surface area (Å²) in [5.74, 6) is 0.0439. The van der Waals surface area contributed by atoms with Crippen LogP contribution in [0, 0.1) is 0 Å². The quantitative estimate of drug-likeness (QED) is 0.767. The molecule has 25 heavy (non-hydrogen) atoms. The fourth-order valence-corrected chi connectivity index (χ4v) is 2.40. The van der Waals surface area contributed by atoms with Crippen LogP contribution in [0.2, 0.25) is 5.02 Å². The van der Waals surface area contributed by atoms with E-state index in [1.807, 2.05) is 0 Å². The van der Waals surface area contributed by atoms with Crippen LogP contribution in [-0.4, -0.2) is 22.8 Å².